The maximum atomic E-state index is 5.14. The zero-order valence-corrected chi connectivity index (χ0v) is 8.93. The summed E-state index contributed by atoms with van der Waals surface area (Å²) in [6.45, 7) is 1.11. The summed E-state index contributed by atoms with van der Waals surface area (Å²) in [5.41, 5.74) is 2.51. The third-order valence-electron chi connectivity index (χ3n) is 2.18. The Morgan fingerprint density at radius 3 is 2.79 bits per heavy atom. The summed E-state index contributed by atoms with van der Waals surface area (Å²) in [7, 11) is 1.69. The van der Waals surface area contributed by atoms with E-state index in [1.807, 2.05) is 18.2 Å². The molecule has 0 spiro atoms. The van der Waals surface area contributed by atoms with E-state index >= 15 is 0 Å². The second-order valence-electron chi connectivity index (χ2n) is 3.12. The Morgan fingerprint density at radius 1 is 1.43 bits per heavy atom. The molecular weight excluding hydrogens is 198 g/mol. The molecule has 0 aromatic heterocycles. The smallest absolute Gasteiger partial charge is 0.119 e. The van der Waals surface area contributed by atoms with Crippen LogP contribution in [0.3, 0.4) is 0 Å². The van der Waals surface area contributed by atoms with Crippen LogP contribution in [0.15, 0.2) is 30.0 Å². The van der Waals surface area contributed by atoms with Crippen molar-refractivity contribution in [3.8, 4) is 5.75 Å². The molecule has 76 valence electrons. The Morgan fingerprint density at radius 2 is 2.21 bits per heavy atom. The monoisotopic (exact) mass is 211 g/mol. The van der Waals surface area contributed by atoms with Gasteiger partial charge in [0, 0.05) is 18.7 Å². The first-order valence-corrected chi connectivity index (χ1v) is 4.47. The highest BCUT2D eigenvalue weighted by Crippen LogP contribution is 2.17. The van der Waals surface area contributed by atoms with Crippen molar-refractivity contribution in [1.29, 1.82) is 0 Å². The van der Waals surface area contributed by atoms with E-state index in [0.29, 0.717) is 0 Å². The van der Waals surface area contributed by atoms with Gasteiger partial charge in [0.25, 0.3) is 0 Å². The second kappa shape index (κ2) is 4.91. The molecule has 1 aliphatic rings. The fourth-order valence-electron chi connectivity index (χ4n) is 1.33. The molecule has 0 radical (unpaired) electrons. The van der Waals surface area contributed by atoms with Crippen LogP contribution in [0, 0.1) is 0 Å². The van der Waals surface area contributed by atoms with Gasteiger partial charge in [0.05, 0.1) is 7.11 Å². The van der Waals surface area contributed by atoms with E-state index in [1.165, 1.54) is 11.3 Å². The number of halogens is 1. The third kappa shape index (κ3) is 2.42. The van der Waals surface area contributed by atoms with Crippen molar-refractivity contribution in [2.75, 3.05) is 13.7 Å². The summed E-state index contributed by atoms with van der Waals surface area (Å²) in [6.07, 6.45) is 3.32. The summed E-state index contributed by atoms with van der Waals surface area (Å²) in [5.74, 6) is 0.911. The van der Waals surface area contributed by atoms with E-state index in [1.54, 1.807) is 7.11 Å². The first-order chi connectivity index (χ1) is 6.38. The van der Waals surface area contributed by atoms with Gasteiger partial charge in [0.2, 0.25) is 0 Å². The Hall–Kier alpha value is -1.15. The number of benzene rings is 1. The molecular formula is C11H14ClNO. The summed E-state index contributed by atoms with van der Waals surface area (Å²) < 4.78 is 5.14. The van der Waals surface area contributed by atoms with Gasteiger partial charge >= 0.3 is 0 Å². The molecule has 0 saturated carbocycles. The highest BCUT2D eigenvalue weighted by molar-refractivity contribution is 5.85. The highest BCUT2D eigenvalue weighted by Gasteiger charge is 2.05. The lowest BCUT2D eigenvalue weighted by atomic mass is 10.1. The van der Waals surface area contributed by atoms with Crippen LogP contribution in [-0.2, 0) is 0 Å². The van der Waals surface area contributed by atoms with Gasteiger partial charge in [-0.1, -0.05) is 12.1 Å². The van der Waals surface area contributed by atoms with Crippen molar-refractivity contribution in [3.63, 3.8) is 0 Å². The van der Waals surface area contributed by atoms with Crippen molar-refractivity contribution in [3.05, 3.63) is 35.5 Å². The first kappa shape index (κ1) is 10.9. The predicted octanol–water partition coefficient (Wildman–Crippen LogP) is 2.45. The summed E-state index contributed by atoms with van der Waals surface area (Å²) in [5, 5.41) is 3.25. The normalized spacial score (nSPS) is 16.5. The van der Waals surface area contributed by atoms with Crippen LogP contribution in [0.2, 0.25) is 0 Å². The number of ether oxygens (including phenoxy) is 1. The molecule has 1 saturated heterocycles. The zero-order chi connectivity index (χ0) is 9.10. The molecule has 1 aromatic carbocycles. The van der Waals surface area contributed by atoms with Crippen molar-refractivity contribution >= 4 is 18.5 Å². The molecule has 0 amide bonds. The first-order valence-electron chi connectivity index (χ1n) is 4.47. The summed E-state index contributed by atoms with van der Waals surface area (Å²) >= 11 is 0. The quantitative estimate of drug-likeness (QED) is 0.812. The fourth-order valence-corrected chi connectivity index (χ4v) is 1.33. The zero-order valence-electron chi connectivity index (χ0n) is 8.12. The van der Waals surface area contributed by atoms with E-state index in [2.05, 4.69) is 17.5 Å². The average Bonchev–Trinajstić information content (AvgIpc) is 2.12. The molecule has 14 heavy (non-hydrogen) atoms. The SMILES string of the molecule is COc1cccc(C=C2CCN2)c1.Cl. The second-order valence-corrected chi connectivity index (χ2v) is 3.12. The van der Waals surface area contributed by atoms with Gasteiger partial charge < -0.3 is 10.1 Å². The molecule has 2 rings (SSSR count). The fraction of sp³-hybridized carbons (Fsp3) is 0.273. The molecule has 2 nitrogen and oxygen atoms in total. The molecule has 1 N–H and O–H groups in total. The van der Waals surface area contributed by atoms with Crippen molar-refractivity contribution < 1.29 is 4.74 Å². The average molecular weight is 212 g/mol. The topological polar surface area (TPSA) is 21.3 Å². The number of methoxy groups -OCH3 is 1. The summed E-state index contributed by atoms with van der Waals surface area (Å²) in [6, 6.07) is 8.07. The maximum absolute atomic E-state index is 5.14. The Labute approximate surface area is 90.4 Å². The molecule has 0 unspecified atom stereocenters. The standard InChI is InChI=1S/C11H13NO.ClH/c1-13-11-4-2-3-9(8-11)7-10-5-6-12-10;/h2-4,7-8,12H,5-6H2,1H3;1H. The number of hydrogen-bond acceptors (Lipinski definition) is 2. The molecule has 0 bridgehead atoms. The van der Waals surface area contributed by atoms with Crippen molar-refractivity contribution in [2.24, 2.45) is 0 Å². The highest BCUT2D eigenvalue weighted by atomic mass is 35.5. The lowest BCUT2D eigenvalue weighted by Gasteiger charge is -2.19. The van der Waals surface area contributed by atoms with Crippen LogP contribution < -0.4 is 10.1 Å². The minimum absolute atomic E-state index is 0. The molecule has 1 fully saturated rings. The van der Waals surface area contributed by atoms with Gasteiger partial charge in [-0.25, -0.2) is 0 Å². The van der Waals surface area contributed by atoms with E-state index in [-0.39, 0.29) is 12.4 Å². The molecule has 1 aliphatic heterocycles. The van der Waals surface area contributed by atoms with Gasteiger partial charge in [-0.2, -0.15) is 0 Å². The Balaban J connectivity index is 0.000000980. The Kier molecular flexibility index (Phi) is 3.84. The van der Waals surface area contributed by atoms with Crippen LogP contribution >= 0.6 is 12.4 Å². The molecule has 1 aromatic rings. The van der Waals surface area contributed by atoms with Gasteiger partial charge in [-0.3, -0.25) is 0 Å². The van der Waals surface area contributed by atoms with E-state index in [4.69, 9.17) is 4.74 Å². The molecule has 0 aliphatic carbocycles. The largest absolute Gasteiger partial charge is 0.497 e. The molecule has 0 atom stereocenters. The summed E-state index contributed by atoms with van der Waals surface area (Å²) in [4.78, 5) is 0. The lowest BCUT2D eigenvalue weighted by molar-refractivity contribution is 0.414. The van der Waals surface area contributed by atoms with E-state index in [9.17, 15) is 0 Å². The number of rotatable bonds is 2. The number of nitrogens with one attached hydrogen (secondary N) is 1. The minimum Gasteiger partial charge on any atom is -0.497 e. The third-order valence-corrected chi connectivity index (χ3v) is 2.18. The molecule has 3 heteroatoms. The number of hydrogen-bond donors (Lipinski definition) is 1. The van der Waals surface area contributed by atoms with Crippen molar-refractivity contribution in [2.45, 2.75) is 6.42 Å². The molecule has 1 heterocycles. The predicted molar refractivity (Wildman–Crippen MR) is 60.8 cm³/mol. The van der Waals surface area contributed by atoms with Gasteiger partial charge in [0.1, 0.15) is 5.75 Å². The van der Waals surface area contributed by atoms with Gasteiger partial charge in [0.15, 0.2) is 0 Å². The van der Waals surface area contributed by atoms with Crippen LogP contribution in [0.25, 0.3) is 6.08 Å². The lowest BCUT2D eigenvalue weighted by Crippen LogP contribution is -2.27. The van der Waals surface area contributed by atoms with Gasteiger partial charge in [-0.15, -0.1) is 12.4 Å². The van der Waals surface area contributed by atoms with Crippen LogP contribution in [-0.4, -0.2) is 13.7 Å². The Bertz CT molecular complexity index is 330. The van der Waals surface area contributed by atoms with Gasteiger partial charge in [-0.05, 0) is 23.8 Å². The van der Waals surface area contributed by atoms with Crippen LogP contribution in [0.1, 0.15) is 12.0 Å². The van der Waals surface area contributed by atoms with Crippen LogP contribution in [0.5, 0.6) is 5.75 Å². The minimum atomic E-state index is 0. The van der Waals surface area contributed by atoms with E-state index in [0.717, 1.165) is 18.7 Å². The van der Waals surface area contributed by atoms with E-state index < -0.39 is 0 Å². The van der Waals surface area contributed by atoms with Crippen molar-refractivity contribution in [1.82, 2.24) is 5.32 Å². The van der Waals surface area contributed by atoms with Crippen LogP contribution in [0.4, 0.5) is 0 Å². The maximum Gasteiger partial charge on any atom is 0.119 e.